The summed E-state index contributed by atoms with van der Waals surface area (Å²) in [6.07, 6.45) is 5.97. The predicted octanol–water partition coefficient (Wildman–Crippen LogP) is 6.59. The van der Waals surface area contributed by atoms with Crippen LogP contribution in [-0.4, -0.2) is 35.6 Å². The maximum Gasteiger partial charge on any atom is 0.242 e. The van der Waals surface area contributed by atoms with Crippen molar-refractivity contribution in [3.63, 3.8) is 0 Å². The van der Waals surface area contributed by atoms with Crippen molar-refractivity contribution in [2.75, 3.05) is 7.11 Å². The van der Waals surface area contributed by atoms with E-state index in [2.05, 4.69) is 69.6 Å². The Kier molecular flexibility index (Phi) is 5.97. The first-order valence-electron chi connectivity index (χ1n) is 12.0. The summed E-state index contributed by atoms with van der Waals surface area (Å²) in [6.45, 7) is 16.1. The highest BCUT2D eigenvalue weighted by atomic mass is 28.4. The second-order valence-corrected chi connectivity index (χ2v) is 20.9. The van der Waals surface area contributed by atoms with Gasteiger partial charge in [0.2, 0.25) is 8.32 Å². The third kappa shape index (κ3) is 4.53. The lowest BCUT2D eigenvalue weighted by Gasteiger charge is -2.50. The minimum atomic E-state index is -1.65. The van der Waals surface area contributed by atoms with E-state index in [0.29, 0.717) is 17.8 Å². The standard InChI is InChI=1S/C25H41NO3Si2/c1-25-14-13-20-19-12-10-18(28-30(3,4)5)15-17(19)9-11-21(20)24(25)22(29-31(6,7)8)16-23(25)26-27-2/h10,12,15,20-22,24H,9,11,13-14,16H2,1-8H3. The molecule has 0 spiro atoms. The fourth-order valence-electron chi connectivity index (χ4n) is 6.62. The van der Waals surface area contributed by atoms with Crippen LogP contribution in [0, 0.1) is 17.3 Å². The number of nitrogens with zero attached hydrogens (tertiary/aromatic N) is 1. The van der Waals surface area contributed by atoms with Crippen LogP contribution in [0.4, 0.5) is 0 Å². The zero-order valence-electron chi connectivity index (χ0n) is 20.7. The van der Waals surface area contributed by atoms with Crippen molar-refractivity contribution in [2.45, 2.75) is 90.3 Å². The third-order valence-electron chi connectivity index (χ3n) is 7.53. The van der Waals surface area contributed by atoms with Crippen LogP contribution >= 0.6 is 0 Å². The Bertz CT molecular complexity index is 857. The van der Waals surface area contributed by atoms with Gasteiger partial charge in [0.1, 0.15) is 12.9 Å². The Balaban J connectivity index is 1.66. The van der Waals surface area contributed by atoms with E-state index in [4.69, 9.17) is 13.7 Å². The van der Waals surface area contributed by atoms with Gasteiger partial charge in [0.25, 0.3) is 0 Å². The van der Waals surface area contributed by atoms with Crippen LogP contribution in [0.2, 0.25) is 39.3 Å². The molecule has 4 nitrogen and oxygen atoms in total. The SMILES string of the molecule is CON=C1CC(O[Si](C)(C)C)C2C3CCc4cc(O[Si](C)(C)C)ccc4C3CCC12C. The van der Waals surface area contributed by atoms with Crippen LogP contribution in [0.1, 0.15) is 49.7 Å². The molecule has 6 heteroatoms. The van der Waals surface area contributed by atoms with Crippen LogP contribution in [-0.2, 0) is 15.7 Å². The third-order valence-corrected chi connectivity index (χ3v) is 9.39. The molecule has 0 saturated heterocycles. The van der Waals surface area contributed by atoms with Crippen molar-refractivity contribution < 1.29 is 13.7 Å². The van der Waals surface area contributed by atoms with Gasteiger partial charge < -0.3 is 13.7 Å². The van der Waals surface area contributed by atoms with E-state index < -0.39 is 16.6 Å². The van der Waals surface area contributed by atoms with Gasteiger partial charge in [-0.1, -0.05) is 18.1 Å². The second-order valence-electron chi connectivity index (χ2n) is 12.1. The first kappa shape index (κ1) is 23.1. The summed E-state index contributed by atoms with van der Waals surface area (Å²) in [5, 5.41) is 4.53. The molecule has 5 atom stereocenters. The van der Waals surface area contributed by atoms with E-state index in [0.717, 1.165) is 18.6 Å². The molecule has 31 heavy (non-hydrogen) atoms. The van der Waals surface area contributed by atoms with Crippen molar-refractivity contribution in [3.05, 3.63) is 29.3 Å². The molecule has 1 aromatic carbocycles. The molecule has 5 unspecified atom stereocenters. The summed E-state index contributed by atoms with van der Waals surface area (Å²) in [4.78, 5) is 5.30. The quantitative estimate of drug-likeness (QED) is 0.368. The summed E-state index contributed by atoms with van der Waals surface area (Å²) in [6, 6.07) is 6.92. The largest absolute Gasteiger partial charge is 0.544 e. The molecule has 0 aliphatic heterocycles. The van der Waals surface area contributed by atoms with Gasteiger partial charge >= 0.3 is 0 Å². The molecule has 3 aliphatic rings. The van der Waals surface area contributed by atoms with Gasteiger partial charge in [-0.3, -0.25) is 0 Å². The smallest absolute Gasteiger partial charge is 0.242 e. The van der Waals surface area contributed by atoms with Crippen LogP contribution in [0.5, 0.6) is 5.75 Å². The second kappa shape index (κ2) is 8.03. The maximum absolute atomic E-state index is 6.81. The van der Waals surface area contributed by atoms with Crippen LogP contribution < -0.4 is 4.43 Å². The molecule has 2 saturated carbocycles. The molecular formula is C25H41NO3Si2. The number of fused-ring (bicyclic) bond motifs is 5. The maximum atomic E-state index is 6.81. The number of oxime groups is 1. The summed E-state index contributed by atoms with van der Waals surface area (Å²) < 4.78 is 13.1. The number of benzene rings is 1. The van der Waals surface area contributed by atoms with Gasteiger partial charge in [-0.2, -0.15) is 0 Å². The molecule has 172 valence electrons. The van der Waals surface area contributed by atoms with Gasteiger partial charge in [-0.05, 0) is 106 Å². The molecule has 0 N–H and O–H groups in total. The van der Waals surface area contributed by atoms with E-state index in [1.54, 1.807) is 12.7 Å². The summed E-state index contributed by atoms with van der Waals surface area (Å²) in [7, 11) is -1.56. The number of hydrogen-bond donors (Lipinski definition) is 0. The van der Waals surface area contributed by atoms with Crippen LogP contribution in [0.3, 0.4) is 0 Å². The average molecular weight is 460 g/mol. The molecule has 3 aliphatic carbocycles. The molecule has 1 aromatic rings. The molecule has 0 aromatic heterocycles. The highest BCUT2D eigenvalue weighted by molar-refractivity contribution is 6.70. The highest BCUT2D eigenvalue weighted by Crippen LogP contribution is 2.61. The van der Waals surface area contributed by atoms with E-state index in [1.165, 1.54) is 30.5 Å². The molecule has 2 fully saturated rings. The highest BCUT2D eigenvalue weighted by Gasteiger charge is 2.59. The summed E-state index contributed by atoms with van der Waals surface area (Å²) in [5.74, 6) is 2.86. The first-order valence-corrected chi connectivity index (χ1v) is 18.8. The topological polar surface area (TPSA) is 40.0 Å². The van der Waals surface area contributed by atoms with Gasteiger partial charge in [0.15, 0.2) is 8.32 Å². The van der Waals surface area contributed by atoms with E-state index >= 15 is 0 Å². The Morgan fingerprint density at radius 1 is 1.03 bits per heavy atom. The Morgan fingerprint density at radius 2 is 1.77 bits per heavy atom. The van der Waals surface area contributed by atoms with E-state index in [-0.39, 0.29) is 11.5 Å². The zero-order chi connectivity index (χ0) is 22.6. The van der Waals surface area contributed by atoms with E-state index in [1.807, 2.05) is 0 Å². The molecule has 0 bridgehead atoms. The lowest BCUT2D eigenvalue weighted by Crippen LogP contribution is -2.47. The summed E-state index contributed by atoms with van der Waals surface area (Å²) >= 11 is 0. The number of aryl methyl sites for hydroxylation is 1. The van der Waals surface area contributed by atoms with Crippen molar-refractivity contribution in [1.82, 2.24) is 0 Å². The Hall–Kier alpha value is -1.12. The summed E-state index contributed by atoms with van der Waals surface area (Å²) in [5.41, 5.74) is 4.39. The van der Waals surface area contributed by atoms with Crippen molar-refractivity contribution in [3.8, 4) is 5.75 Å². The van der Waals surface area contributed by atoms with Gasteiger partial charge in [0, 0.05) is 11.8 Å². The van der Waals surface area contributed by atoms with Crippen molar-refractivity contribution in [2.24, 2.45) is 22.4 Å². The van der Waals surface area contributed by atoms with Crippen molar-refractivity contribution in [1.29, 1.82) is 0 Å². The Morgan fingerprint density at radius 3 is 2.42 bits per heavy atom. The van der Waals surface area contributed by atoms with Crippen LogP contribution in [0.15, 0.2) is 23.4 Å². The lowest BCUT2D eigenvalue weighted by atomic mass is 9.55. The van der Waals surface area contributed by atoms with Gasteiger partial charge in [-0.25, -0.2) is 0 Å². The molecule has 0 amide bonds. The predicted molar refractivity (Wildman–Crippen MR) is 133 cm³/mol. The zero-order valence-corrected chi connectivity index (χ0v) is 22.7. The van der Waals surface area contributed by atoms with Crippen molar-refractivity contribution >= 4 is 22.3 Å². The number of rotatable bonds is 5. The lowest BCUT2D eigenvalue weighted by molar-refractivity contribution is 0.0110. The minimum Gasteiger partial charge on any atom is -0.544 e. The van der Waals surface area contributed by atoms with E-state index in [9.17, 15) is 0 Å². The monoisotopic (exact) mass is 459 g/mol. The number of hydrogen-bond acceptors (Lipinski definition) is 4. The van der Waals surface area contributed by atoms with Crippen LogP contribution in [0.25, 0.3) is 0 Å². The fourth-order valence-corrected chi connectivity index (χ4v) is 8.59. The molecular weight excluding hydrogens is 418 g/mol. The fraction of sp³-hybridized carbons (Fsp3) is 0.720. The molecule has 0 heterocycles. The average Bonchev–Trinajstić information content (AvgIpc) is 2.90. The Labute approximate surface area is 191 Å². The normalized spacial score (nSPS) is 34.1. The van der Waals surface area contributed by atoms with Gasteiger partial charge in [0.05, 0.1) is 11.8 Å². The first-order chi connectivity index (χ1) is 14.4. The minimum absolute atomic E-state index is 0.0971. The van der Waals surface area contributed by atoms with Gasteiger partial charge in [-0.15, -0.1) is 0 Å². The molecule has 4 rings (SSSR count). The molecule has 0 radical (unpaired) electrons.